The molecule has 2 aromatic rings. The van der Waals surface area contributed by atoms with E-state index in [9.17, 15) is 17.6 Å². The number of aromatic nitrogens is 2. The quantitative estimate of drug-likeness (QED) is 0.791. The van der Waals surface area contributed by atoms with Gasteiger partial charge in [0, 0.05) is 29.4 Å². The Morgan fingerprint density at radius 3 is 2.56 bits per heavy atom. The fourth-order valence-corrected chi connectivity index (χ4v) is 3.58. The van der Waals surface area contributed by atoms with Crippen molar-refractivity contribution in [1.29, 1.82) is 0 Å². The second kappa shape index (κ2) is 7.42. The number of anilines is 1. The topological polar surface area (TPSA) is 41.1 Å². The van der Waals surface area contributed by atoms with Crippen molar-refractivity contribution in [3.05, 3.63) is 41.5 Å². The lowest BCUT2D eigenvalue weighted by molar-refractivity contribution is -0.137. The first-order chi connectivity index (χ1) is 12.7. The summed E-state index contributed by atoms with van der Waals surface area (Å²) in [7, 11) is 2.08. The molecule has 0 amide bonds. The number of hydrogen-bond acceptors (Lipinski definition) is 4. The van der Waals surface area contributed by atoms with Gasteiger partial charge in [-0.15, -0.1) is 0 Å². The molecule has 0 saturated carbocycles. The predicted octanol–water partition coefficient (Wildman–Crippen LogP) is 4.50. The zero-order valence-corrected chi connectivity index (χ0v) is 15.4. The SMILES string of the molecule is Cc1nc(NC(C)[C@H]2CCCN2C)ncc1-c1ccc(C(F)(F)F)cc1F. The second-order valence-corrected chi connectivity index (χ2v) is 7.01. The van der Waals surface area contributed by atoms with Crippen LogP contribution in [0.3, 0.4) is 0 Å². The van der Waals surface area contributed by atoms with Gasteiger partial charge in [0.15, 0.2) is 0 Å². The van der Waals surface area contributed by atoms with Crippen LogP contribution in [0.2, 0.25) is 0 Å². The number of likely N-dealkylation sites (tertiary alicyclic amines) is 1. The van der Waals surface area contributed by atoms with Gasteiger partial charge in [-0.3, -0.25) is 0 Å². The number of hydrogen-bond donors (Lipinski definition) is 1. The van der Waals surface area contributed by atoms with Gasteiger partial charge in [-0.2, -0.15) is 13.2 Å². The van der Waals surface area contributed by atoms with Crippen LogP contribution < -0.4 is 5.32 Å². The van der Waals surface area contributed by atoms with Crippen LogP contribution >= 0.6 is 0 Å². The molecular weight excluding hydrogens is 360 g/mol. The van der Waals surface area contributed by atoms with Crippen molar-refractivity contribution in [2.45, 2.75) is 44.9 Å². The molecule has 1 saturated heterocycles. The van der Waals surface area contributed by atoms with E-state index in [1.54, 1.807) is 6.92 Å². The average molecular weight is 382 g/mol. The van der Waals surface area contributed by atoms with Crippen molar-refractivity contribution in [3.8, 4) is 11.1 Å². The van der Waals surface area contributed by atoms with Gasteiger partial charge in [-0.05, 0) is 52.4 Å². The number of nitrogens with zero attached hydrogens (tertiary/aromatic N) is 3. The third-order valence-corrected chi connectivity index (χ3v) is 5.08. The molecule has 1 unspecified atom stereocenters. The molecule has 0 aliphatic carbocycles. The lowest BCUT2D eigenvalue weighted by atomic mass is 10.0. The Morgan fingerprint density at radius 1 is 1.26 bits per heavy atom. The number of benzene rings is 1. The van der Waals surface area contributed by atoms with Gasteiger partial charge in [-0.25, -0.2) is 14.4 Å². The van der Waals surface area contributed by atoms with Crippen LogP contribution in [0.4, 0.5) is 23.5 Å². The maximum absolute atomic E-state index is 14.2. The number of nitrogens with one attached hydrogen (secondary N) is 1. The highest BCUT2D eigenvalue weighted by molar-refractivity contribution is 5.66. The summed E-state index contributed by atoms with van der Waals surface area (Å²) in [5.41, 5.74) is -0.0960. The molecule has 2 heterocycles. The summed E-state index contributed by atoms with van der Waals surface area (Å²) in [4.78, 5) is 10.9. The monoisotopic (exact) mass is 382 g/mol. The van der Waals surface area contributed by atoms with Crippen molar-refractivity contribution in [2.24, 2.45) is 0 Å². The van der Waals surface area contributed by atoms with E-state index >= 15 is 0 Å². The highest BCUT2D eigenvalue weighted by Crippen LogP contribution is 2.33. The van der Waals surface area contributed by atoms with Gasteiger partial charge in [-0.1, -0.05) is 6.07 Å². The summed E-state index contributed by atoms with van der Waals surface area (Å²) in [6, 6.07) is 3.01. The van der Waals surface area contributed by atoms with E-state index in [-0.39, 0.29) is 11.6 Å². The summed E-state index contributed by atoms with van der Waals surface area (Å²) in [6.07, 6.45) is -0.888. The van der Waals surface area contributed by atoms with E-state index in [0.29, 0.717) is 29.3 Å². The number of likely N-dealkylation sites (N-methyl/N-ethyl adjacent to an activating group) is 1. The zero-order valence-electron chi connectivity index (χ0n) is 15.4. The Bertz CT molecular complexity index is 822. The molecule has 1 aromatic heterocycles. The van der Waals surface area contributed by atoms with Crippen LogP contribution in [0, 0.1) is 12.7 Å². The van der Waals surface area contributed by atoms with Crippen molar-refractivity contribution < 1.29 is 17.6 Å². The largest absolute Gasteiger partial charge is 0.416 e. The Balaban J connectivity index is 1.81. The molecule has 146 valence electrons. The van der Waals surface area contributed by atoms with Crippen molar-refractivity contribution in [3.63, 3.8) is 0 Å². The summed E-state index contributed by atoms with van der Waals surface area (Å²) >= 11 is 0. The number of halogens is 4. The molecule has 4 nitrogen and oxygen atoms in total. The first-order valence-corrected chi connectivity index (χ1v) is 8.84. The molecule has 0 radical (unpaired) electrons. The highest BCUT2D eigenvalue weighted by Gasteiger charge is 2.31. The highest BCUT2D eigenvalue weighted by atomic mass is 19.4. The average Bonchev–Trinajstić information content (AvgIpc) is 3.01. The van der Waals surface area contributed by atoms with Crippen LogP contribution in [-0.2, 0) is 6.18 Å². The number of aryl methyl sites for hydroxylation is 1. The van der Waals surface area contributed by atoms with Gasteiger partial charge in [0.1, 0.15) is 5.82 Å². The van der Waals surface area contributed by atoms with Gasteiger partial charge >= 0.3 is 6.18 Å². The van der Waals surface area contributed by atoms with Crippen molar-refractivity contribution in [2.75, 3.05) is 18.9 Å². The lowest BCUT2D eigenvalue weighted by Crippen LogP contribution is -2.39. The van der Waals surface area contributed by atoms with Crippen LogP contribution in [-0.4, -0.2) is 40.5 Å². The summed E-state index contributed by atoms with van der Waals surface area (Å²) < 4.78 is 52.4. The fourth-order valence-electron chi connectivity index (χ4n) is 3.58. The molecule has 27 heavy (non-hydrogen) atoms. The predicted molar refractivity (Wildman–Crippen MR) is 95.9 cm³/mol. The van der Waals surface area contributed by atoms with Gasteiger partial charge < -0.3 is 10.2 Å². The number of rotatable bonds is 4. The molecule has 1 fully saturated rings. The standard InChI is InChI=1S/C19H22F4N4/c1-11-15(14-7-6-13(9-16(14)20)19(21,22)23)10-24-18(25-11)26-12(2)17-5-4-8-27(17)3/h6-7,9-10,12,17H,4-5,8H2,1-3H3,(H,24,25,26)/t12?,17-/m1/s1. The molecule has 1 aliphatic rings. The van der Waals surface area contributed by atoms with E-state index in [4.69, 9.17) is 0 Å². The van der Waals surface area contributed by atoms with Crippen LogP contribution in [0.1, 0.15) is 31.0 Å². The molecular formula is C19H22F4N4. The molecule has 0 spiro atoms. The zero-order chi connectivity index (χ0) is 19.8. The van der Waals surface area contributed by atoms with Crippen LogP contribution in [0.15, 0.2) is 24.4 Å². The maximum Gasteiger partial charge on any atom is 0.416 e. The van der Waals surface area contributed by atoms with Gasteiger partial charge in [0.2, 0.25) is 5.95 Å². The van der Waals surface area contributed by atoms with Gasteiger partial charge in [0.25, 0.3) is 0 Å². The van der Waals surface area contributed by atoms with Crippen LogP contribution in [0.5, 0.6) is 0 Å². The minimum absolute atomic E-state index is 0.0515. The molecule has 1 N–H and O–H groups in total. The Morgan fingerprint density at radius 2 is 2.00 bits per heavy atom. The van der Waals surface area contributed by atoms with E-state index in [1.165, 1.54) is 6.20 Å². The fraction of sp³-hybridized carbons (Fsp3) is 0.474. The lowest BCUT2D eigenvalue weighted by Gasteiger charge is -2.27. The smallest absolute Gasteiger partial charge is 0.350 e. The summed E-state index contributed by atoms with van der Waals surface area (Å²) in [5, 5.41) is 3.27. The Hall–Kier alpha value is -2.22. The van der Waals surface area contributed by atoms with Crippen molar-refractivity contribution >= 4 is 5.95 Å². The van der Waals surface area contributed by atoms with E-state index < -0.39 is 17.6 Å². The Kier molecular flexibility index (Phi) is 5.37. The molecule has 3 rings (SSSR count). The maximum atomic E-state index is 14.2. The Labute approximate surface area is 155 Å². The molecule has 2 atom stereocenters. The minimum atomic E-state index is -4.58. The van der Waals surface area contributed by atoms with E-state index in [0.717, 1.165) is 31.5 Å². The third kappa shape index (κ3) is 4.21. The first-order valence-electron chi connectivity index (χ1n) is 8.84. The van der Waals surface area contributed by atoms with Gasteiger partial charge in [0.05, 0.1) is 11.3 Å². The molecule has 8 heteroatoms. The first kappa shape index (κ1) is 19.5. The van der Waals surface area contributed by atoms with Crippen molar-refractivity contribution in [1.82, 2.24) is 14.9 Å². The van der Waals surface area contributed by atoms with Crippen LogP contribution in [0.25, 0.3) is 11.1 Å². The van der Waals surface area contributed by atoms with E-state index in [2.05, 4.69) is 34.2 Å². The second-order valence-electron chi connectivity index (χ2n) is 7.01. The summed E-state index contributed by atoms with van der Waals surface area (Å²) in [6.45, 7) is 4.81. The summed E-state index contributed by atoms with van der Waals surface area (Å²) in [5.74, 6) is -0.519. The third-order valence-electron chi connectivity index (χ3n) is 5.08. The van der Waals surface area contributed by atoms with E-state index in [1.807, 2.05) is 0 Å². The molecule has 1 aromatic carbocycles. The molecule has 0 bridgehead atoms. The molecule has 1 aliphatic heterocycles. The normalized spacial score (nSPS) is 19.3. The minimum Gasteiger partial charge on any atom is -0.350 e. The number of alkyl halides is 3.